The molecule has 26 heavy (non-hydrogen) atoms. The van der Waals surface area contributed by atoms with Gasteiger partial charge in [0, 0.05) is 37.9 Å². The Bertz CT molecular complexity index is 762. The number of hydrogen-bond acceptors (Lipinski definition) is 3. The molecule has 2 N–H and O–H groups in total. The van der Waals surface area contributed by atoms with E-state index in [0.29, 0.717) is 18.8 Å². The fourth-order valence-corrected chi connectivity index (χ4v) is 2.59. The summed E-state index contributed by atoms with van der Waals surface area (Å²) in [7, 11) is 5.04. The number of carbonyl (C=O) groups excluding carboxylic acids is 1. The minimum atomic E-state index is -0.488. The number of nitrogens with one attached hydrogen (secondary N) is 2. The predicted molar refractivity (Wildman–Crippen MR) is 106 cm³/mol. The molecule has 0 spiro atoms. The molecule has 0 radical (unpaired) electrons. The van der Waals surface area contributed by atoms with Gasteiger partial charge in [-0.05, 0) is 29.3 Å². The Kier molecular flexibility index (Phi) is 7.29. The summed E-state index contributed by atoms with van der Waals surface area (Å²) in [5.41, 5.74) is 2.78. The van der Waals surface area contributed by atoms with Crippen LogP contribution in [0.25, 0.3) is 0 Å². The molecule has 0 aliphatic rings. The van der Waals surface area contributed by atoms with Gasteiger partial charge in [0.2, 0.25) is 0 Å². The Morgan fingerprint density at radius 2 is 1.88 bits per heavy atom. The van der Waals surface area contributed by atoms with E-state index >= 15 is 0 Å². The third-order valence-corrected chi connectivity index (χ3v) is 4.14. The fraction of sp³-hybridized carbons (Fsp3) is 0.263. The second-order valence-corrected chi connectivity index (χ2v) is 6.07. The van der Waals surface area contributed by atoms with E-state index in [4.69, 9.17) is 11.6 Å². The maximum atomic E-state index is 11.2. The number of aliphatic imine (C=N–C) groups is 1. The molecule has 2 aromatic carbocycles. The summed E-state index contributed by atoms with van der Waals surface area (Å²) in [4.78, 5) is 17.5. The number of amides is 1. The zero-order valence-electron chi connectivity index (χ0n) is 15.1. The zero-order valence-corrected chi connectivity index (χ0v) is 15.9. The summed E-state index contributed by atoms with van der Waals surface area (Å²) in [5.74, 6) is 0.765. The van der Waals surface area contributed by atoms with Crippen LogP contribution in [0.15, 0.2) is 53.5 Å². The summed E-state index contributed by atoms with van der Waals surface area (Å²) < 4.78 is 4.57. The summed E-state index contributed by atoms with van der Waals surface area (Å²) in [6.07, 6.45) is -0.488. The van der Waals surface area contributed by atoms with Crippen molar-refractivity contribution in [2.45, 2.75) is 13.1 Å². The van der Waals surface area contributed by atoms with Crippen LogP contribution < -0.4 is 10.6 Å². The van der Waals surface area contributed by atoms with Gasteiger partial charge < -0.3 is 15.0 Å². The lowest BCUT2D eigenvalue weighted by molar-refractivity contribution is 0.187. The summed E-state index contributed by atoms with van der Waals surface area (Å²) in [5, 5.41) is 6.68. The van der Waals surface area contributed by atoms with Crippen LogP contribution in [0.4, 0.5) is 10.5 Å². The summed E-state index contributed by atoms with van der Waals surface area (Å²) in [6.45, 7) is 1.26. The van der Waals surface area contributed by atoms with Crippen LogP contribution in [0, 0.1) is 0 Å². The van der Waals surface area contributed by atoms with E-state index in [9.17, 15) is 4.79 Å². The average Bonchev–Trinajstić information content (AvgIpc) is 2.65. The van der Waals surface area contributed by atoms with E-state index in [1.165, 1.54) is 7.11 Å². The van der Waals surface area contributed by atoms with Crippen molar-refractivity contribution < 1.29 is 9.53 Å². The Morgan fingerprint density at radius 1 is 1.19 bits per heavy atom. The van der Waals surface area contributed by atoms with E-state index < -0.39 is 6.09 Å². The van der Waals surface area contributed by atoms with Crippen LogP contribution in [0.3, 0.4) is 0 Å². The molecule has 138 valence electrons. The van der Waals surface area contributed by atoms with Crippen molar-refractivity contribution in [2.75, 3.05) is 26.5 Å². The molecule has 2 aromatic rings. The second-order valence-electron chi connectivity index (χ2n) is 5.66. The molecule has 1 amide bonds. The molecule has 7 heteroatoms. The predicted octanol–water partition coefficient (Wildman–Crippen LogP) is 3.73. The number of nitrogens with zero attached hydrogens (tertiary/aromatic N) is 2. The van der Waals surface area contributed by atoms with Gasteiger partial charge in [-0.15, -0.1) is 0 Å². The first-order valence-corrected chi connectivity index (χ1v) is 8.50. The molecule has 0 bridgehead atoms. The van der Waals surface area contributed by atoms with E-state index in [1.54, 1.807) is 7.05 Å². The number of halogens is 1. The molecule has 0 aliphatic heterocycles. The molecule has 0 aliphatic carbocycles. The van der Waals surface area contributed by atoms with Crippen molar-refractivity contribution in [3.63, 3.8) is 0 Å². The minimum Gasteiger partial charge on any atom is -0.453 e. The van der Waals surface area contributed by atoms with Crippen molar-refractivity contribution in [3.8, 4) is 0 Å². The maximum absolute atomic E-state index is 11.2. The molecule has 0 fully saturated rings. The second kappa shape index (κ2) is 9.68. The van der Waals surface area contributed by atoms with Crippen molar-refractivity contribution in [2.24, 2.45) is 4.99 Å². The van der Waals surface area contributed by atoms with Gasteiger partial charge >= 0.3 is 6.09 Å². The number of ether oxygens (including phenoxy) is 1. The smallest absolute Gasteiger partial charge is 0.411 e. The molecule has 0 heterocycles. The van der Waals surface area contributed by atoms with Crippen molar-refractivity contribution >= 4 is 29.3 Å². The van der Waals surface area contributed by atoms with Gasteiger partial charge in [-0.1, -0.05) is 41.9 Å². The lowest BCUT2D eigenvalue weighted by Crippen LogP contribution is -2.38. The van der Waals surface area contributed by atoms with E-state index in [1.807, 2.05) is 60.5 Å². The lowest BCUT2D eigenvalue weighted by Gasteiger charge is -2.22. The molecular formula is C19H23ClN4O2. The number of carbonyl (C=O) groups is 1. The lowest BCUT2D eigenvalue weighted by atomic mass is 10.2. The monoisotopic (exact) mass is 374 g/mol. The quantitative estimate of drug-likeness (QED) is 0.618. The zero-order chi connectivity index (χ0) is 18.9. The molecule has 0 unspecified atom stereocenters. The van der Waals surface area contributed by atoms with Crippen LogP contribution in [0.2, 0.25) is 5.02 Å². The normalized spacial score (nSPS) is 11.0. The Balaban J connectivity index is 1.92. The van der Waals surface area contributed by atoms with E-state index in [2.05, 4.69) is 20.4 Å². The fourth-order valence-electron chi connectivity index (χ4n) is 2.40. The SMILES string of the molecule is CN=C(NCc1ccc(NC(=O)OC)cc1)N(C)Cc1ccccc1Cl. The highest BCUT2D eigenvalue weighted by atomic mass is 35.5. The van der Waals surface area contributed by atoms with E-state index in [0.717, 1.165) is 22.1 Å². The van der Waals surface area contributed by atoms with Crippen LogP contribution in [0.5, 0.6) is 0 Å². The van der Waals surface area contributed by atoms with Crippen molar-refractivity contribution in [1.29, 1.82) is 0 Å². The highest BCUT2D eigenvalue weighted by Crippen LogP contribution is 2.16. The maximum Gasteiger partial charge on any atom is 0.411 e. The first-order chi connectivity index (χ1) is 12.5. The van der Waals surface area contributed by atoms with Gasteiger partial charge in [-0.2, -0.15) is 0 Å². The minimum absolute atomic E-state index is 0.488. The number of anilines is 1. The van der Waals surface area contributed by atoms with Crippen molar-refractivity contribution in [1.82, 2.24) is 10.2 Å². The van der Waals surface area contributed by atoms with Crippen LogP contribution in [-0.4, -0.2) is 38.2 Å². The van der Waals surface area contributed by atoms with Crippen LogP contribution in [-0.2, 0) is 17.8 Å². The van der Waals surface area contributed by atoms with Gasteiger partial charge in [-0.3, -0.25) is 10.3 Å². The first kappa shape index (κ1) is 19.6. The number of benzene rings is 2. The number of hydrogen-bond donors (Lipinski definition) is 2. The highest BCUT2D eigenvalue weighted by Gasteiger charge is 2.09. The molecule has 0 aromatic heterocycles. The Labute approximate surface area is 158 Å². The largest absolute Gasteiger partial charge is 0.453 e. The Morgan fingerprint density at radius 3 is 2.50 bits per heavy atom. The number of guanidine groups is 1. The Hall–Kier alpha value is -2.73. The summed E-state index contributed by atoms with van der Waals surface area (Å²) >= 11 is 6.22. The number of rotatable bonds is 5. The van der Waals surface area contributed by atoms with Crippen molar-refractivity contribution in [3.05, 3.63) is 64.7 Å². The number of methoxy groups -OCH3 is 1. The van der Waals surface area contributed by atoms with E-state index in [-0.39, 0.29) is 0 Å². The first-order valence-electron chi connectivity index (χ1n) is 8.12. The third kappa shape index (κ3) is 5.67. The van der Waals surface area contributed by atoms with Gasteiger partial charge in [-0.25, -0.2) is 4.79 Å². The van der Waals surface area contributed by atoms with Gasteiger partial charge in [0.15, 0.2) is 5.96 Å². The standard InChI is InChI=1S/C19H23ClN4O2/c1-21-18(24(2)13-15-6-4-5-7-17(15)20)22-12-14-8-10-16(11-9-14)23-19(25)26-3/h4-11H,12-13H2,1-3H3,(H,21,22)(H,23,25). The van der Waals surface area contributed by atoms with Gasteiger partial charge in [0.1, 0.15) is 0 Å². The summed E-state index contributed by atoms with van der Waals surface area (Å²) in [6, 6.07) is 15.3. The molecule has 6 nitrogen and oxygen atoms in total. The van der Waals surface area contributed by atoms with Crippen LogP contribution >= 0.6 is 11.6 Å². The average molecular weight is 375 g/mol. The van der Waals surface area contributed by atoms with Gasteiger partial charge in [0.05, 0.1) is 7.11 Å². The molecular weight excluding hydrogens is 352 g/mol. The highest BCUT2D eigenvalue weighted by molar-refractivity contribution is 6.31. The van der Waals surface area contributed by atoms with Gasteiger partial charge in [0.25, 0.3) is 0 Å². The topological polar surface area (TPSA) is 66.0 Å². The molecule has 0 atom stereocenters. The van der Waals surface area contributed by atoms with Crippen LogP contribution in [0.1, 0.15) is 11.1 Å². The molecule has 2 rings (SSSR count). The molecule has 0 saturated heterocycles. The third-order valence-electron chi connectivity index (χ3n) is 3.78. The molecule has 0 saturated carbocycles.